The summed E-state index contributed by atoms with van der Waals surface area (Å²) in [5, 5.41) is 10.1. The number of hydrogen-bond donors (Lipinski definition) is 5. The quantitative estimate of drug-likeness (QED) is 0.277. The summed E-state index contributed by atoms with van der Waals surface area (Å²) >= 11 is 1.22. The maximum absolute atomic E-state index is 12.6. The second-order valence-electron chi connectivity index (χ2n) is 7.96. The molecule has 9 nitrogen and oxygen atoms in total. The maximum atomic E-state index is 12.6. The number of carbonyl (C=O) groups excluding carboxylic acids is 3. The molecule has 0 saturated heterocycles. The molecule has 0 fully saturated rings. The second kappa shape index (κ2) is 9.75. The fourth-order valence-corrected chi connectivity index (χ4v) is 4.13. The molecule has 0 radical (unpaired) electrons. The lowest BCUT2D eigenvalue weighted by Crippen LogP contribution is -2.33. The summed E-state index contributed by atoms with van der Waals surface area (Å²) in [5.74, 6) is -0.867. The Labute approximate surface area is 198 Å². The molecule has 0 unspecified atom stereocenters. The second-order valence-corrected chi connectivity index (χ2v) is 8.88. The third-order valence-corrected chi connectivity index (χ3v) is 6.02. The number of rotatable bonds is 7. The zero-order valence-corrected chi connectivity index (χ0v) is 19.3. The van der Waals surface area contributed by atoms with Crippen LogP contribution < -0.4 is 21.6 Å². The lowest BCUT2D eigenvalue weighted by Gasteiger charge is -2.09. The number of imidazole rings is 1. The van der Waals surface area contributed by atoms with Gasteiger partial charge in [0.2, 0.25) is 5.91 Å². The highest BCUT2D eigenvalue weighted by molar-refractivity contribution is 7.14. The number of H-pyrrole nitrogens is 2. The lowest BCUT2D eigenvalue weighted by atomic mass is 10.0. The van der Waals surface area contributed by atoms with Crippen molar-refractivity contribution in [3.8, 4) is 0 Å². The van der Waals surface area contributed by atoms with E-state index in [1.807, 2.05) is 12.1 Å². The van der Waals surface area contributed by atoms with Gasteiger partial charge in [-0.1, -0.05) is 26.0 Å². The van der Waals surface area contributed by atoms with E-state index in [1.54, 1.807) is 41.8 Å². The monoisotopic (exact) mass is 477 g/mol. The predicted molar refractivity (Wildman–Crippen MR) is 133 cm³/mol. The van der Waals surface area contributed by atoms with Crippen molar-refractivity contribution in [1.82, 2.24) is 15.3 Å². The van der Waals surface area contributed by atoms with Crippen LogP contribution in [0.3, 0.4) is 0 Å². The van der Waals surface area contributed by atoms with Crippen LogP contribution in [0.5, 0.6) is 0 Å². The van der Waals surface area contributed by atoms with E-state index in [4.69, 9.17) is 0 Å². The molecule has 4 aromatic rings. The Morgan fingerprint density at radius 1 is 0.912 bits per heavy atom. The summed E-state index contributed by atoms with van der Waals surface area (Å²) in [5.41, 5.74) is 3.22. The number of thiophene rings is 1. The Morgan fingerprint density at radius 2 is 1.65 bits per heavy atom. The first-order chi connectivity index (χ1) is 16.3. The fraction of sp³-hybridized carbons (Fsp3) is 0.167. The highest BCUT2D eigenvalue weighted by Crippen LogP contribution is 2.24. The van der Waals surface area contributed by atoms with Gasteiger partial charge in [0.15, 0.2) is 0 Å². The van der Waals surface area contributed by atoms with Crippen molar-refractivity contribution in [3.63, 3.8) is 0 Å². The zero-order valence-electron chi connectivity index (χ0n) is 18.5. The number of benzene rings is 2. The van der Waals surface area contributed by atoms with Gasteiger partial charge in [-0.2, -0.15) is 0 Å². The number of amides is 3. The van der Waals surface area contributed by atoms with Crippen LogP contribution in [0.1, 0.15) is 46.0 Å². The molecule has 10 heteroatoms. The molecular formula is C24H23N5O4S. The number of fused-ring (bicyclic) bond motifs is 1. The molecule has 0 atom stereocenters. The number of aromatic nitrogens is 2. The molecule has 3 amide bonds. The molecule has 174 valence electrons. The van der Waals surface area contributed by atoms with E-state index in [0.717, 1.165) is 5.56 Å². The first-order valence-corrected chi connectivity index (χ1v) is 11.5. The fourth-order valence-electron chi connectivity index (χ4n) is 3.35. The molecule has 2 aromatic heterocycles. The van der Waals surface area contributed by atoms with Crippen LogP contribution in [-0.2, 0) is 4.79 Å². The number of aromatic amines is 2. The largest absolute Gasteiger partial charge is 0.343 e. The van der Waals surface area contributed by atoms with Crippen molar-refractivity contribution in [1.29, 1.82) is 0 Å². The van der Waals surface area contributed by atoms with Gasteiger partial charge in [-0.3, -0.25) is 14.4 Å². The Hall–Kier alpha value is -4.18. The van der Waals surface area contributed by atoms with Crippen LogP contribution >= 0.6 is 11.3 Å². The van der Waals surface area contributed by atoms with Crippen LogP contribution in [0, 0.1) is 0 Å². The third-order valence-electron chi connectivity index (χ3n) is 5.19. The number of nitrogens with one attached hydrogen (secondary N) is 5. The van der Waals surface area contributed by atoms with Crippen LogP contribution in [0.25, 0.3) is 11.0 Å². The number of carbonyl (C=O) groups is 3. The molecule has 0 aliphatic heterocycles. The molecule has 4 rings (SSSR count). The van der Waals surface area contributed by atoms with Gasteiger partial charge in [0.25, 0.3) is 11.8 Å². The minimum atomic E-state index is -0.479. The lowest BCUT2D eigenvalue weighted by molar-refractivity contribution is -0.115. The molecule has 0 aliphatic rings. The van der Waals surface area contributed by atoms with E-state index in [9.17, 15) is 19.2 Å². The summed E-state index contributed by atoms with van der Waals surface area (Å²) in [6, 6.07) is 13.8. The summed E-state index contributed by atoms with van der Waals surface area (Å²) < 4.78 is 0. The van der Waals surface area contributed by atoms with Gasteiger partial charge < -0.3 is 25.9 Å². The smallest absolute Gasteiger partial charge is 0.323 e. The third kappa shape index (κ3) is 5.24. The molecule has 5 N–H and O–H groups in total. The first-order valence-electron chi connectivity index (χ1n) is 10.6. The molecule has 0 bridgehead atoms. The molecule has 2 aromatic carbocycles. The van der Waals surface area contributed by atoms with Crippen molar-refractivity contribution in [2.75, 3.05) is 17.2 Å². The van der Waals surface area contributed by atoms with Crippen LogP contribution in [0.4, 0.5) is 10.7 Å². The minimum Gasteiger partial charge on any atom is -0.343 e. The van der Waals surface area contributed by atoms with Gasteiger partial charge in [-0.05, 0) is 53.3 Å². The Bertz CT molecular complexity index is 1420. The van der Waals surface area contributed by atoms with Crippen LogP contribution in [0.15, 0.2) is 58.7 Å². The highest BCUT2D eigenvalue weighted by atomic mass is 32.1. The van der Waals surface area contributed by atoms with Gasteiger partial charge in [0, 0.05) is 11.3 Å². The normalized spacial score (nSPS) is 10.9. The van der Waals surface area contributed by atoms with E-state index in [2.05, 4.69) is 39.8 Å². The Morgan fingerprint density at radius 3 is 2.38 bits per heavy atom. The van der Waals surface area contributed by atoms with Gasteiger partial charge in [0.05, 0.1) is 23.1 Å². The van der Waals surface area contributed by atoms with Gasteiger partial charge in [0.1, 0.15) is 5.00 Å². The molecular weight excluding hydrogens is 454 g/mol. The summed E-state index contributed by atoms with van der Waals surface area (Å²) in [6.07, 6.45) is 0. The number of anilines is 2. The van der Waals surface area contributed by atoms with Gasteiger partial charge in [-0.15, -0.1) is 11.3 Å². The molecule has 0 saturated carbocycles. The molecule has 0 spiro atoms. The Kier molecular flexibility index (Phi) is 6.60. The van der Waals surface area contributed by atoms with E-state index < -0.39 is 11.8 Å². The van der Waals surface area contributed by atoms with Crippen molar-refractivity contribution in [2.24, 2.45) is 0 Å². The summed E-state index contributed by atoms with van der Waals surface area (Å²) in [6.45, 7) is 3.89. The standard InChI is InChI=1S/C24H23N5O4S/c1-13(2)14-3-5-15(6-4-14)21(31)29-23-17(9-10-34-23)22(32)25-12-20(30)26-16-7-8-18-19(11-16)28-24(33)27-18/h3-11,13H,12H2,1-2H3,(H,25,32)(H,26,30)(H,29,31)(H2,27,28,33). The van der Waals surface area contributed by atoms with Crippen molar-refractivity contribution in [3.05, 3.63) is 81.1 Å². The van der Waals surface area contributed by atoms with Gasteiger partial charge in [-0.25, -0.2) is 4.79 Å². The topological polar surface area (TPSA) is 136 Å². The zero-order chi connectivity index (χ0) is 24.2. The van der Waals surface area contributed by atoms with Gasteiger partial charge >= 0.3 is 5.69 Å². The average molecular weight is 478 g/mol. The molecule has 2 heterocycles. The maximum Gasteiger partial charge on any atom is 0.323 e. The van der Waals surface area contributed by atoms with E-state index >= 15 is 0 Å². The minimum absolute atomic E-state index is 0.263. The predicted octanol–water partition coefficient (Wildman–Crippen LogP) is 3.66. The molecule has 34 heavy (non-hydrogen) atoms. The Balaban J connectivity index is 1.34. The SMILES string of the molecule is CC(C)c1ccc(C(=O)Nc2sccc2C(=O)NCC(=O)Nc2ccc3[nH]c(=O)[nH]c3c2)cc1. The first kappa shape index (κ1) is 23.0. The van der Waals surface area contributed by atoms with Crippen molar-refractivity contribution < 1.29 is 14.4 Å². The van der Waals surface area contributed by atoms with Crippen molar-refractivity contribution in [2.45, 2.75) is 19.8 Å². The molecule has 0 aliphatic carbocycles. The summed E-state index contributed by atoms with van der Waals surface area (Å²) in [7, 11) is 0. The van der Waals surface area contributed by atoms with Crippen molar-refractivity contribution >= 4 is 50.8 Å². The number of hydrogen-bond acceptors (Lipinski definition) is 5. The van der Waals surface area contributed by atoms with E-state index in [-0.39, 0.29) is 23.7 Å². The van der Waals surface area contributed by atoms with E-state index in [1.165, 1.54) is 11.3 Å². The van der Waals surface area contributed by atoms with Crippen LogP contribution in [0.2, 0.25) is 0 Å². The average Bonchev–Trinajstić information content (AvgIpc) is 3.42. The highest BCUT2D eigenvalue weighted by Gasteiger charge is 2.17. The van der Waals surface area contributed by atoms with E-state index in [0.29, 0.717) is 33.2 Å². The van der Waals surface area contributed by atoms with Crippen LogP contribution in [-0.4, -0.2) is 34.2 Å². The summed E-state index contributed by atoms with van der Waals surface area (Å²) in [4.78, 5) is 54.1.